The number of amides is 2. The molecule has 1 aromatic heterocycles. The van der Waals surface area contributed by atoms with Gasteiger partial charge in [0.25, 0.3) is 5.56 Å². The molecule has 3 heterocycles. The maximum atomic E-state index is 13.1. The molecule has 0 radical (unpaired) electrons. The van der Waals surface area contributed by atoms with Crippen LogP contribution < -0.4 is 5.56 Å². The number of carbonyl (C=O) groups excluding carboxylic acids is 2. The smallest absolute Gasteiger partial charge is 0.256 e. The molecule has 32 heavy (non-hydrogen) atoms. The van der Waals surface area contributed by atoms with Crippen LogP contribution in [-0.4, -0.2) is 44.7 Å². The van der Waals surface area contributed by atoms with Gasteiger partial charge < -0.3 is 14.8 Å². The van der Waals surface area contributed by atoms with Crippen LogP contribution in [-0.2, 0) is 22.6 Å². The van der Waals surface area contributed by atoms with Gasteiger partial charge in [0.15, 0.2) is 0 Å². The molecule has 7 nitrogen and oxygen atoms in total. The van der Waals surface area contributed by atoms with Crippen molar-refractivity contribution in [1.82, 2.24) is 19.8 Å². The second-order valence-corrected chi connectivity index (χ2v) is 9.78. The standard InChI is InChI=1S/C25H38N4O3/c1-3-17(4-2)25(32)29-14-9-8-12-21(29)22-26-20-13-15-28(16-19(20)23(30)27-22)24(31)18-10-6-5-7-11-18/h17-18,21H,3-16H2,1-2H3,(H,26,27,30)/t21-/m0/s1. The minimum atomic E-state index is -0.156. The Morgan fingerprint density at radius 1 is 1.03 bits per heavy atom. The van der Waals surface area contributed by atoms with Gasteiger partial charge in [-0.05, 0) is 44.9 Å². The van der Waals surface area contributed by atoms with Crippen molar-refractivity contribution in [3.8, 4) is 0 Å². The number of carbonyl (C=O) groups is 2. The minimum absolute atomic E-state index is 0.0271. The van der Waals surface area contributed by atoms with Crippen LogP contribution in [0.25, 0.3) is 0 Å². The van der Waals surface area contributed by atoms with Crippen LogP contribution in [0.1, 0.15) is 101 Å². The average Bonchev–Trinajstić information content (AvgIpc) is 2.84. The normalized spacial score (nSPS) is 22.2. The zero-order chi connectivity index (χ0) is 22.7. The van der Waals surface area contributed by atoms with Gasteiger partial charge in [0.1, 0.15) is 5.82 Å². The van der Waals surface area contributed by atoms with E-state index in [2.05, 4.69) is 18.8 Å². The third-order valence-electron chi connectivity index (χ3n) is 7.79. The summed E-state index contributed by atoms with van der Waals surface area (Å²) in [4.78, 5) is 50.9. The number of piperidine rings is 1. The number of hydrogen-bond acceptors (Lipinski definition) is 4. The highest BCUT2D eigenvalue weighted by atomic mass is 16.2. The van der Waals surface area contributed by atoms with Gasteiger partial charge in [0.05, 0.1) is 23.8 Å². The number of fused-ring (bicyclic) bond motifs is 1. The first-order valence-electron chi connectivity index (χ1n) is 12.7. The highest BCUT2D eigenvalue weighted by Gasteiger charge is 2.34. The molecule has 3 aliphatic rings. The van der Waals surface area contributed by atoms with Crippen LogP contribution in [0.3, 0.4) is 0 Å². The molecule has 2 fully saturated rings. The fraction of sp³-hybridized carbons (Fsp3) is 0.760. The van der Waals surface area contributed by atoms with Crippen LogP contribution in [0.5, 0.6) is 0 Å². The molecule has 1 N–H and O–H groups in total. The molecule has 2 aliphatic heterocycles. The van der Waals surface area contributed by atoms with Gasteiger partial charge in [-0.2, -0.15) is 0 Å². The lowest BCUT2D eigenvalue weighted by Gasteiger charge is -2.37. The van der Waals surface area contributed by atoms with Crippen molar-refractivity contribution < 1.29 is 9.59 Å². The molecule has 176 valence electrons. The van der Waals surface area contributed by atoms with Crippen molar-refractivity contribution in [3.05, 3.63) is 27.4 Å². The predicted molar refractivity (Wildman–Crippen MR) is 123 cm³/mol. The molecule has 1 saturated carbocycles. The van der Waals surface area contributed by atoms with Crippen LogP contribution >= 0.6 is 0 Å². The van der Waals surface area contributed by atoms with Crippen LogP contribution in [0.15, 0.2) is 4.79 Å². The third-order valence-corrected chi connectivity index (χ3v) is 7.79. The second-order valence-electron chi connectivity index (χ2n) is 9.78. The van der Waals surface area contributed by atoms with E-state index in [9.17, 15) is 14.4 Å². The maximum Gasteiger partial charge on any atom is 0.256 e. The third kappa shape index (κ3) is 4.62. The largest absolute Gasteiger partial charge is 0.337 e. The molecule has 1 aliphatic carbocycles. The van der Waals surface area contributed by atoms with Gasteiger partial charge in [-0.3, -0.25) is 14.4 Å². The van der Waals surface area contributed by atoms with E-state index in [1.807, 2.05) is 9.80 Å². The molecule has 1 saturated heterocycles. The molecule has 7 heteroatoms. The fourth-order valence-electron chi connectivity index (χ4n) is 5.75. The molecular weight excluding hydrogens is 404 g/mol. The van der Waals surface area contributed by atoms with E-state index in [0.717, 1.165) is 70.0 Å². The Hall–Kier alpha value is -2.18. The van der Waals surface area contributed by atoms with Crippen molar-refractivity contribution in [2.24, 2.45) is 11.8 Å². The Morgan fingerprint density at radius 3 is 2.47 bits per heavy atom. The number of nitrogens with one attached hydrogen (secondary N) is 1. The van der Waals surface area contributed by atoms with E-state index in [0.29, 0.717) is 30.9 Å². The number of H-pyrrole nitrogens is 1. The molecule has 2 amide bonds. The van der Waals surface area contributed by atoms with Crippen LogP contribution in [0.4, 0.5) is 0 Å². The summed E-state index contributed by atoms with van der Waals surface area (Å²) in [5.74, 6) is 1.15. The van der Waals surface area contributed by atoms with E-state index in [-0.39, 0.29) is 35.3 Å². The highest BCUT2D eigenvalue weighted by Crippen LogP contribution is 2.32. The predicted octanol–water partition coefficient (Wildman–Crippen LogP) is 3.72. The number of nitrogens with zero attached hydrogens (tertiary/aromatic N) is 3. The number of rotatable bonds is 5. The number of aromatic amines is 1. The summed E-state index contributed by atoms with van der Waals surface area (Å²) in [5.41, 5.74) is 1.28. The Labute approximate surface area is 191 Å². The summed E-state index contributed by atoms with van der Waals surface area (Å²) in [7, 11) is 0. The minimum Gasteiger partial charge on any atom is -0.337 e. The van der Waals surface area contributed by atoms with Crippen LogP contribution in [0, 0.1) is 11.8 Å². The lowest BCUT2D eigenvalue weighted by molar-refractivity contribution is -0.140. The van der Waals surface area contributed by atoms with Gasteiger partial charge in [0.2, 0.25) is 11.8 Å². The summed E-state index contributed by atoms with van der Waals surface area (Å²) >= 11 is 0. The molecule has 0 spiro atoms. The molecule has 0 aromatic carbocycles. The van der Waals surface area contributed by atoms with Crippen molar-refractivity contribution in [3.63, 3.8) is 0 Å². The van der Waals surface area contributed by atoms with Gasteiger partial charge in [-0.15, -0.1) is 0 Å². The lowest BCUT2D eigenvalue weighted by atomic mass is 9.87. The molecule has 0 bridgehead atoms. The molecular formula is C25H38N4O3. The maximum absolute atomic E-state index is 13.1. The summed E-state index contributed by atoms with van der Waals surface area (Å²) < 4.78 is 0. The Kier molecular flexibility index (Phi) is 7.31. The first-order valence-corrected chi connectivity index (χ1v) is 12.7. The number of aromatic nitrogens is 2. The van der Waals surface area contributed by atoms with Gasteiger partial charge in [-0.1, -0.05) is 33.1 Å². The first kappa shape index (κ1) is 23.0. The lowest BCUT2D eigenvalue weighted by Crippen LogP contribution is -2.45. The van der Waals surface area contributed by atoms with E-state index in [1.165, 1.54) is 6.42 Å². The Balaban J connectivity index is 1.54. The van der Waals surface area contributed by atoms with Gasteiger partial charge in [-0.25, -0.2) is 4.98 Å². The highest BCUT2D eigenvalue weighted by molar-refractivity contribution is 5.79. The monoisotopic (exact) mass is 442 g/mol. The molecule has 1 atom stereocenters. The van der Waals surface area contributed by atoms with Crippen molar-refractivity contribution >= 4 is 11.8 Å². The van der Waals surface area contributed by atoms with E-state index in [1.54, 1.807) is 0 Å². The summed E-state index contributed by atoms with van der Waals surface area (Å²) in [6, 6.07) is -0.156. The Morgan fingerprint density at radius 2 is 1.75 bits per heavy atom. The van der Waals surface area contributed by atoms with E-state index < -0.39 is 0 Å². The second kappa shape index (κ2) is 10.2. The van der Waals surface area contributed by atoms with Gasteiger partial charge in [0, 0.05) is 31.3 Å². The zero-order valence-corrected chi connectivity index (χ0v) is 19.7. The van der Waals surface area contributed by atoms with Crippen LogP contribution in [0.2, 0.25) is 0 Å². The molecule has 0 unspecified atom stereocenters. The average molecular weight is 443 g/mol. The summed E-state index contributed by atoms with van der Waals surface area (Å²) in [6.45, 7) is 5.83. The quantitative estimate of drug-likeness (QED) is 0.753. The number of hydrogen-bond donors (Lipinski definition) is 1. The molecule has 4 rings (SSSR count). The van der Waals surface area contributed by atoms with Gasteiger partial charge >= 0.3 is 0 Å². The van der Waals surface area contributed by atoms with Crippen molar-refractivity contribution in [2.45, 2.75) is 97.1 Å². The van der Waals surface area contributed by atoms with Crippen molar-refractivity contribution in [1.29, 1.82) is 0 Å². The van der Waals surface area contributed by atoms with E-state index in [4.69, 9.17) is 4.98 Å². The molecule has 1 aromatic rings. The zero-order valence-electron chi connectivity index (χ0n) is 19.7. The Bertz CT molecular complexity index is 886. The first-order chi connectivity index (χ1) is 15.5. The topological polar surface area (TPSA) is 86.4 Å². The fourth-order valence-corrected chi connectivity index (χ4v) is 5.75. The van der Waals surface area contributed by atoms with E-state index >= 15 is 0 Å². The summed E-state index contributed by atoms with van der Waals surface area (Å²) in [6.07, 6.45) is 10.5. The van der Waals surface area contributed by atoms with Crippen molar-refractivity contribution in [2.75, 3.05) is 13.1 Å². The SMILES string of the molecule is CCC(CC)C(=O)N1CCCC[C@H]1c1nc2c(c(=O)[nH]1)CN(C(=O)C1CCCCC1)CC2. The summed E-state index contributed by atoms with van der Waals surface area (Å²) in [5, 5.41) is 0. The number of likely N-dealkylation sites (tertiary alicyclic amines) is 1.